The third-order valence-electron chi connectivity index (χ3n) is 5.01. The van der Waals surface area contributed by atoms with Gasteiger partial charge >= 0.3 is 0 Å². The molecule has 3 rings (SSSR count). The maximum Gasteiger partial charge on any atom is 0.261 e. The molecule has 2 N–H and O–H groups in total. The Hall–Kier alpha value is -2.87. The third kappa shape index (κ3) is 6.06. The number of aryl methyl sites for hydroxylation is 1. The van der Waals surface area contributed by atoms with E-state index in [1.165, 1.54) is 0 Å². The lowest BCUT2D eigenvalue weighted by molar-refractivity contribution is -0.135. The van der Waals surface area contributed by atoms with Gasteiger partial charge < -0.3 is 10.2 Å². The van der Waals surface area contributed by atoms with Crippen LogP contribution in [-0.4, -0.2) is 38.2 Å². The molecule has 1 saturated heterocycles. The molecule has 0 radical (unpaired) electrons. The summed E-state index contributed by atoms with van der Waals surface area (Å²) in [5.74, 6) is -0.248. The van der Waals surface area contributed by atoms with Crippen LogP contribution in [0.5, 0.6) is 0 Å². The number of sulfonamides is 1. The molecule has 0 bridgehead atoms. The van der Waals surface area contributed by atoms with Gasteiger partial charge in [-0.05, 0) is 56.2 Å². The van der Waals surface area contributed by atoms with Crippen LogP contribution in [0.2, 0.25) is 0 Å². The number of benzene rings is 2. The molecule has 2 aromatic rings. The fraction of sp³-hybridized carbons (Fsp3) is 0.364. The first-order chi connectivity index (χ1) is 14.3. The lowest BCUT2D eigenvalue weighted by Crippen LogP contribution is -2.39. The van der Waals surface area contributed by atoms with E-state index < -0.39 is 10.0 Å². The Labute approximate surface area is 177 Å². The second-order valence-corrected chi connectivity index (χ2v) is 9.21. The summed E-state index contributed by atoms with van der Waals surface area (Å²) in [6.07, 6.45) is 4.41. The molecule has 7 nitrogen and oxygen atoms in total. The van der Waals surface area contributed by atoms with E-state index in [4.69, 9.17) is 0 Å². The molecule has 1 aliphatic heterocycles. The Morgan fingerprint density at radius 2 is 1.57 bits per heavy atom. The number of rotatable bonds is 6. The number of likely N-dealkylation sites (tertiary alicyclic amines) is 1. The summed E-state index contributed by atoms with van der Waals surface area (Å²) in [6, 6.07) is 13.0. The van der Waals surface area contributed by atoms with Crippen LogP contribution < -0.4 is 10.0 Å². The number of nitrogens with zero attached hydrogens (tertiary/aromatic N) is 1. The highest BCUT2D eigenvalue weighted by Gasteiger charge is 2.18. The van der Waals surface area contributed by atoms with Gasteiger partial charge in [0.15, 0.2) is 0 Å². The van der Waals surface area contributed by atoms with Crippen LogP contribution in [-0.2, 0) is 19.6 Å². The Kier molecular flexibility index (Phi) is 7.10. The average Bonchev–Trinajstić information content (AvgIpc) is 2.69. The maximum atomic E-state index is 12.5. The summed E-state index contributed by atoms with van der Waals surface area (Å²) in [6.45, 7) is 2.52. The molecule has 0 spiro atoms. The number of amides is 2. The van der Waals surface area contributed by atoms with Crippen molar-refractivity contribution < 1.29 is 18.0 Å². The molecule has 0 aromatic heterocycles. The lowest BCUT2D eigenvalue weighted by Gasteiger charge is -2.24. The maximum absolute atomic E-state index is 12.5. The fourth-order valence-electron chi connectivity index (χ4n) is 3.31. The molecular weight excluding hydrogens is 402 g/mol. The van der Waals surface area contributed by atoms with Crippen LogP contribution in [0.4, 0.5) is 11.4 Å². The van der Waals surface area contributed by atoms with Gasteiger partial charge in [-0.15, -0.1) is 0 Å². The zero-order valence-electron chi connectivity index (χ0n) is 17.1. The largest absolute Gasteiger partial charge is 0.333 e. The summed E-state index contributed by atoms with van der Waals surface area (Å²) >= 11 is 0. The van der Waals surface area contributed by atoms with Gasteiger partial charge in [0.1, 0.15) is 0 Å². The number of carbonyl (C=O) groups is 2. The standard InChI is InChI=1S/C22H27N3O4S/c1-17-7-13-20(14-8-17)30(28,29)24-19-11-9-18(10-12-19)23-21(26)16-25-15-5-3-2-4-6-22(25)27/h7-14,24H,2-6,15-16H2,1H3,(H,23,26). The van der Waals surface area contributed by atoms with E-state index in [1.54, 1.807) is 53.4 Å². The summed E-state index contributed by atoms with van der Waals surface area (Å²) in [5, 5.41) is 2.76. The van der Waals surface area contributed by atoms with E-state index in [0.717, 1.165) is 31.2 Å². The number of nitrogens with one attached hydrogen (secondary N) is 2. The van der Waals surface area contributed by atoms with E-state index in [0.29, 0.717) is 24.3 Å². The number of hydrogen-bond donors (Lipinski definition) is 2. The van der Waals surface area contributed by atoms with E-state index >= 15 is 0 Å². The van der Waals surface area contributed by atoms with Crippen molar-refractivity contribution in [1.29, 1.82) is 0 Å². The van der Waals surface area contributed by atoms with Crippen LogP contribution in [0.15, 0.2) is 53.4 Å². The molecule has 8 heteroatoms. The van der Waals surface area contributed by atoms with Crippen LogP contribution in [0, 0.1) is 6.92 Å². The van der Waals surface area contributed by atoms with Gasteiger partial charge in [-0.1, -0.05) is 30.5 Å². The topological polar surface area (TPSA) is 95.6 Å². The van der Waals surface area contributed by atoms with Crippen LogP contribution in [0.3, 0.4) is 0 Å². The predicted molar refractivity (Wildman–Crippen MR) is 117 cm³/mol. The SMILES string of the molecule is Cc1ccc(S(=O)(=O)Nc2ccc(NC(=O)CN3CCCCCCC3=O)cc2)cc1. The first kappa shape index (κ1) is 21.8. The summed E-state index contributed by atoms with van der Waals surface area (Å²) in [4.78, 5) is 26.3. The minimum Gasteiger partial charge on any atom is -0.333 e. The van der Waals surface area contributed by atoms with E-state index in [2.05, 4.69) is 10.0 Å². The fourth-order valence-corrected chi connectivity index (χ4v) is 4.37. The van der Waals surface area contributed by atoms with Gasteiger partial charge in [-0.25, -0.2) is 8.42 Å². The normalized spacial score (nSPS) is 15.2. The Bertz CT molecular complexity index is 986. The minimum atomic E-state index is -3.68. The first-order valence-electron chi connectivity index (χ1n) is 10.1. The van der Waals surface area contributed by atoms with E-state index in [-0.39, 0.29) is 23.3 Å². The van der Waals surface area contributed by atoms with Crippen molar-refractivity contribution in [2.75, 3.05) is 23.1 Å². The molecule has 0 unspecified atom stereocenters. The van der Waals surface area contributed by atoms with Gasteiger partial charge in [0, 0.05) is 24.3 Å². The van der Waals surface area contributed by atoms with Crippen LogP contribution in [0.1, 0.15) is 37.7 Å². The number of anilines is 2. The highest BCUT2D eigenvalue weighted by Crippen LogP contribution is 2.19. The highest BCUT2D eigenvalue weighted by molar-refractivity contribution is 7.92. The molecule has 2 amide bonds. The van der Waals surface area contributed by atoms with Crippen LogP contribution >= 0.6 is 0 Å². The first-order valence-corrected chi connectivity index (χ1v) is 11.6. The van der Waals surface area contributed by atoms with Gasteiger partial charge in [0.05, 0.1) is 11.4 Å². The number of carbonyl (C=O) groups excluding carboxylic acids is 2. The molecule has 2 aromatic carbocycles. The van der Waals surface area contributed by atoms with Crippen molar-refractivity contribution in [1.82, 2.24) is 4.90 Å². The summed E-state index contributed by atoms with van der Waals surface area (Å²) in [7, 11) is -3.68. The minimum absolute atomic E-state index is 0.0192. The molecule has 0 saturated carbocycles. The van der Waals surface area contributed by atoms with Gasteiger partial charge in [0.25, 0.3) is 10.0 Å². The summed E-state index contributed by atoms with van der Waals surface area (Å²) < 4.78 is 27.4. The quantitative estimate of drug-likeness (QED) is 0.734. The van der Waals surface area contributed by atoms with Crippen LogP contribution in [0.25, 0.3) is 0 Å². The Morgan fingerprint density at radius 1 is 0.933 bits per heavy atom. The molecule has 1 aliphatic rings. The zero-order chi connectivity index (χ0) is 21.6. The van der Waals surface area contributed by atoms with Crippen molar-refractivity contribution in [3.8, 4) is 0 Å². The molecule has 1 fully saturated rings. The number of hydrogen-bond acceptors (Lipinski definition) is 4. The zero-order valence-corrected chi connectivity index (χ0v) is 17.9. The van der Waals surface area contributed by atoms with Crippen molar-refractivity contribution in [3.63, 3.8) is 0 Å². The molecule has 30 heavy (non-hydrogen) atoms. The van der Waals surface area contributed by atoms with Crippen molar-refractivity contribution >= 4 is 33.2 Å². The molecule has 160 valence electrons. The molecule has 0 aliphatic carbocycles. The smallest absolute Gasteiger partial charge is 0.261 e. The van der Waals surface area contributed by atoms with Gasteiger partial charge in [-0.3, -0.25) is 14.3 Å². The van der Waals surface area contributed by atoms with Crippen molar-refractivity contribution in [2.24, 2.45) is 0 Å². The molecule has 1 heterocycles. The molecular formula is C22H27N3O4S. The highest BCUT2D eigenvalue weighted by atomic mass is 32.2. The predicted octanol–water partition coefficient (Wildman–Crippen LogP) is 3.53. The third-order valence-corrected chi connectivity index (χ3v) is 6.41. The second kappa shape index (κ2) is 9.75. The van der Waals surface area contributed by atoms with E-state index in [1.807, 2.05) is 6.92 Å². The Morgan fingerprint density at radius 3 is 2.27 bits per heavy atom. The second-order valence-electron chi connectivity index (χ2n) is 7.52. The average molecular weight is 430 g/mol. The van der Waals surface area contributed by atoms with E-state index in [9.17, 15) is 18.0 Å². The van der Waals surface area contributed by atoms with Crippen molar-refractivity contribution in [3.05, 3.63) is 54.1 Å². The Balaban J connectivity index is 1.58. The molecule has 0 atom stereocenters. The van der Waals surface area contributed by atoms with Gasteiger partial charge in [-0.2, -0.15) is 0 Å². The van der Waals surface area contributed by atoms with Gasteiger partial charge in [0.2, 0.25) is 11.8 Å². The summed E-state index contributed by atoms with van der Waals surface area (Å²) in [5.41, 5.74) is 1.91. The lowest BCUT2D eigenvalue weighted by atomic mass is 10.1. The monoisotopic (exact) mass is 429 g/mol. The van der Waals surface area contributed by atoms with Crippen molar-refractivity contribution in [2.45, 2.75) is 43.9 Å².